The van der Waals surface area contributed by atoms with Crippen LogP contribution >= 0.6 is 11.6 Å². The third kappa shape index (κ3) is 3.18. The molecular weight excluding hydrogens is 277 g/mol. The first-order valence-electron chi connectivity index (χ1n) is 5.93. The monoisotopic (exact) mass is 288 g/mol. The van der Waals surface area contributed by atoms with Crippen LogP contribution in [0.2, 0.25) is 0 Å². The van der Waals surface area contributed by atoms with Gasteiger partial charge in [0, 0.05) is 17.1 Å². The third-order valence-electron chi connectivity index (χ3n) is 3.38. The molecule has 0 amide bonds. The highest BCUT2D eigenvalue weighted by Gasteiger charge is 2.35. The van der Waals surface area contributed by atoms with Gasteiger partial charge in [0.25, 0.3) is 0 Å². The largest absolute Gasteiger partial charge is 0.412 e. The van der Waals surface area contributed by atoms with Gasteiger partial charge in [-0.15, -0.1) is 0 Å². The van der Waals surface area contributed by atoms with Gasteiger partial charge in [-0.1, -0.05) is 36.0 Å². The Hall–Kier alpha value is -1.29. The summed E-state index contributed by atoms with van der Waals surface area (Å²) in [6.45, 7) is 0. The van der Waals surface area contributed by atoms with Crippen molar-refractivity contribution in [1.29, 1.82) is 0 Å². The van der Waals surface area contributed by atoms with Crippen LogP contribution in [0.25, 0.3) is 0 Å². The van der Waals surface area contributed by atoms with Crippen LogP contribution in [0.3, 0.4) is 0 Å². The topological polar surface area (TPSA) is 17.1 Å². The Morgan fingerprint density at radius 1 is 1.21 bits per heavy atom. The Morgan fingerprint density at radius 3 is 2.47 bits per heavy atom. The number of carbonyl (C=O) groups is 1. The van der Waals surface area contributed by atoms with E-state index in [9.17, 15) is 18.0 Å². The number of allylic oxidation sites excluding steroid dienone is 8. The summed E-state index contributed by atoms with van der Waals surface area (Å²) in [5.41, 5.74) is 0.766. The van der Waals surface area contributed by atoms with Crippen molar-refractivity contribution in [2.45, 2.75) is 25.4 Å². The highest BCUT2D eigenvalue weighted by molar-refractivity contribution is 6.67. The number of carbonyl (C=O) groups excluding carboxylic acids is 1. The van der Waals surface area contributed by atoms with Crippen LogP contribution in [0, 0.1) is 5.92 Å². The smallest absolute Gasteiger partial charge is 0.276 e. The number of rotatable bonds is 2. The maximum Gasteiger partial charge on any atom is 0.412 e. The Balaban J connectivity index is 2.23. The lowest BCUT2D eigenvalue weighted by Crippen LogP contribution is -2.18. The van der Waals surface area contributed by atoms with E-state index in [1.165, 1.54) is 6.08 Å². The van der Waals surface area contributed by atoms with E-state index in [1.54, 1.807) is 12.2 Å². The first-order valence-corrected chi connectivity index (χ1v) is 6.30. The van der Waals surface area contributed by atoms with E-state index in [0.717, 1.165) is 11.6 Å². The lowest BCUT2D eigenvalue weighted by Gasteiger charge is -2.25. The zero-order valence-electron chi connectivity index (χ0n) is 10.0. The van der Waals surface area contributed by atoms with E-state index in [1.807, 2.05) is 6.08 Å². The van der Waals surface area contributed by atoms with Crippen LogP contribution in [-0.4, -0.2) is 11.4 Å². The molecule has 0 aromatic rings. The summed E-state index contributed by atoms with van der Waals surface area (Å²) < 4.78 is 37.6. The molecule has 1 atom stereocenters. The third-order valence-corrected chi connectivity index (χ3v) is 3.60. The Bertz CT molecular complexity index is 509. The lowest BCUT2D eigenvalue weighted by molar-refractivity contribution is -0.109. The highest BCUT2D eigenvalue weighted by Crippen LogP contribution is 2.38. The van der Waals surface area contributed by atoms with Crippen molar-refractivity contribution >= 4 is 16.8 Å². The summed E-state index contributed by atoms with van der Waals surface area (Å²) in [5, 5.41) is -0.541. The van der Waals surface area contributed by atoms with Gasteiger partial charge >= 0.3 is 6.18 Å². The zero-order chi connectivity index (χ0) is 14.0. The molecule has 2 aliphatic carbocycles. The molecule has 0 saturated carbocycles. The van der Waals surface area contributed by atoms with Crippen LogP contribution in [0.5, 0.6) is 0 Å². The molecular formula is C14H12ClF3O. The van der Waals surface area contributed by atoms with Gasteiger partial charge in [0.05, 0.1) is 0 Å². The van der Waals surface area contributed by atoms with E-state index >= 15 is 0 Å². The number of halogens is 4. The van der Waals surface area contributed by atoms with Crippen LogP contribution in [0.15, 0.2) is 47.1 Å². The SMILES string of the molecule is O=C(Cl)C1=CC=CCC1C1=CC=C(C(F)(F)F)CC1. The molecule has 0 aromatic carbocycles. The minimum Gasteiger partial charge on any atom is -0.276 e. The van der Waals surface area contributed by atoms with Crippen molar-refractivity contribution in [1.82, 2.24) is 0 Å². The Labute approximate surface area is 114 Å². The maximum absolute atomic E-state index is 12.5. The second-order valence-corrected chi connectivity index (χ2v) is 4.89. The van der Waals surface area contributed by atoms with Crippen LogP contribution < -0.4 is 0 Å². The fourth-order valence-electron chi connectivity index (χ4n) is 2.36. The first-order chi connectivity index (χ1) is 8.89. The van der Waals surface area contributed by atoms with Gasteiger partial charge in [-0.05, 0) is 30.9 Å². The first kappa shape index (κ1) is 14.1. The predicted molar refractivity (Wildman–Crippen MR) is 67.6 cm³/mol. The second-order valence-electron chi connectivity index (χ2n) is 4.54. The van der Waals surface area contributed by atoms with Crippen molar-refractivity contribution in [3.63, 3.8) is 0 Å². The van der Waals surface area contributed by atoms with Gasteiger partial charge in [-0.2, -0.15) is 13.2 Å². The average molecular weight is 289 g/mol. The maximum atomic E-state index is 12.5. The van der Waals surface area contributed by atoms with Gasteiger partial charge in [-0.3, -0.25) is 4.79 Å². The van der Waals surface area contributed by atoms with E-state index in [0.29, 0.717) is 18.4 Å². The molecule has 0 aromatic heterocycles. The van der Waals surface area contributed by atoms with Crippen molar-refractivity contribution in [3.05, 3.63) is 47.1 Å². The summed E-state index contributed by atoms with van der Waals surface area (Å²) in [7, 11) is 0. The van der Waals surface area contributed by atoms with Crippen molar-refractivity contribution < 1.29 is 18.0 Å². The van der Waals surface area contributed by atoms with Crippen LogP contribution in [0.1, 0.15) is 19.3 Å². The van der Waals surface area contributed by atoms with Gasteiger partial charge in [0.15, 0.2) is 0 Å². The highest BCUT2D eigenvalue weighted by atomic mass is 35.5. The minimum absolute atomic E-state index is 0.0424. The molecule has 5 heteroatoms. The molecule has 0 bridgehead atoms. The summed E-state index contributed by atoms with van der Waals surface area (Å²) >= 11 is 5.51. The van der Waals surface area contributed by atoms with Crippen molar-refractivity contribution in [3.8, 4) is 0 Å². The Morgan fingerprint density at radius 2 is 1.95 bits per heavy atom. The summed E-state index contributed by atoms with van der Waals surface area (Å²) in [4.78, 5) is 11.3. The number of hydrogen-bond acceptors (Lipinski definition) is 1. The molecule has 1 nitrogen and oxygen atoms in total. The van der Waals surface area contributed by atoms with E-state index in [-0.39, 0.29) is 12.3 Å². The summed E-state index contributed by atoms with van der Waals surface area (Å²) in [6, 6.07) is 0. The molecule has 0 N–H and O–H groups in total. The molecule has 0 aliphatic heterocycles. The van der Waals surface area contributed by atoms with Crippen molar-refractivity contribution in [2.75, 3.05) is 0 Å². The molecule has 102 valence electrons. The average Bonchev–Trinajstić information content (AvgIpc) is 2.38. The van der Waals surface area contributed by atoms with Crippen LogP contribution in [-0.2, 0) is 4.79 Å². The normalized spacial score (nSPS) is 23.6. The molecule has 1 unspecified atom stereocenters. The molecule has 2 rings (SSSR count). The molecule has 0 spiro atoms. The lowest BCUT2D eigenvalue weighted by atomic mass is 9.81. The molecule has 0 fully saturated rings. The number of alkyl halides is 3. The Kier molecular flexibility index (Phi) is 3.99. The zero-order valence-corrected chi connectivity index (χ0v) is 10.8. The predicted octanol–water partition coefficient (Wildman–Crippen LogP) is 4.46. The van der Waals surface area contributed by atoms with Crippen LogP contribution in [0.4, 0.5) is 13.2 Å². The molecule has 0 saturated heterocycles. The van der Waals surface area contributed by atoms with E-state index in [2.05, 4.69) is 0 Å². The summed E-state index contributed by atoms with van der Waals surface area (Å²) in [6.07, 6.45) is 4.44. The minimum atomic E-state index is -4.27. The van der Waals surface area contributed by atoms with E-state index in [4.69, 9.17) is 11.6 Å². The second kappa shape index (κ2) is 5.37. The van der Waals surface area contributed by atoms with Crippen molar-refractivity contribution in [2.24, 2.45) is 5.92 Å². The quantitative estimate of drug-likeness (QED) is 0.686. The van der Waals surface area contributed by atoms with Gasteiger partial charge < -0.3 is 0 Å². The molecule has 0 radical (unpaired) electrons. The fraction of sp³-hybridized carbons (Fsp3) is 0.357. The van der Waals surface area contributed by atoms with Gasteiger partial charge in [0.1, 0.15) is 0 Å². The number of hydrogen-bond donors (Lipinski definition) is 0. The van der Waals surface area contributed by atoms with Gasteiger partial charge in [-0.25, -0.2) is 0 Å². The molecule has 2 aliphatic rings. The molecule has 19 heavy (non-hydrogen) atoms. The van der Waals surface area contributed by atoms with E-state index < -0.39 is 17.0 Å². The standard InChI is InChI=1S/C14H12ClF3O/c15-13(19)12-4-2-1-3-11(12)9-5-7-10(8-6-9)14(16,17)18/h1-2,4-5,7,11H,3,6,8H2. The van der Waals surface area contributed by atoms with Gasteiger partial charge in [0.2, 0.25) is 5.24 Å². The summed E-state index contributed by atoms with van der Waals surface area (Å²) in [5.74, 6) is -0.193. The fourth-order valence-corrected chi connectivity index (χ4v) is 2.56. The molecule has 0 heterocycles.